The van der Waals surface area contributed by atoms with E-state index in [2.05, 4.69) is 17.3 Å². The van der Waals surface area contributed by atoms with Crippen molar-refractivity contribution in [1.82, 2.24) is 14.3 Å². The summed E-state index contributed by atoms with van der Waals surface area (Å²) in [6.45, 7) is 4.62. The molecule has 2 aromatic carbocycles. The fourth-order valence-electron chi connectivity index (χ4n) is 5.28. The van der Waals surface area contributed by atoms with Crippen molar-refractivity contribution in [3.8, 4) is 11.1 Å². The smallest absolute Gasteiger partial charge is 0.274 e. The molecule has 38 heavy (non-hydrogen) atoms. The Hall–Kier alpha value is -4.17. The van der Waals surface area contributed by atoms with E-state index in [0.29, 0.717) is 28.3 Å². The van der Waals surface area contributed by atoms with Crippen LogP contribution in [0.4, 0.5) is 17.2 Å². The van der Waals surface area contributed by atoms with Crippen LogP contribution in [0.25, 0.3) is 11.1 Å². The van der Waals surface area contributed by atoms with Crippen LogP contribution >= 0.6 is 0 Å². The highest BCUT2D eigenvalue weighted by atomic mass is 16.3. The third-order valence-corrected chi connectivity index (χ3v) is 7.20. The number of rotatable bonds is 9. The number of carbonyl (C=O) groups is 1. The van der Waals surface area contributed by atoms with E-state index in [9.17, 15) is 14.7 Å². The number of nitrogens with zero attached hydrogens (tertiary/aromatic N) is 4. The van der Waals surface area contributed by atoms with E-state index in [-0.39, 0.29) is 24.1 Å². The number of benzene rings is 2. The Morgan fingerprint density at radius 2 is 1.82 bits per heavy atom. The topological polar surface area (TPSA) is 92.4 Å². The first kappa shape index (κ1) is 25.5. The number of carbonyl (C=O) groups excluding carboxylic acids is 1. The third-order valence-electron chi connectivity index (χ3n) is 7.20. The molecule has 1 amide bonds. The van der Waals surface area contributed by atoms with E-state index in [0.717, 1.165) is 42.5 Å². The normalized spacial score (nSPS) is 14.7. The fraction of sp³-hybridized carbons (Fsp3) is 0.300. The molecule has 1 unspecified atom stereocenters. The van der Waals surface area contributed by atoms with Crippen LogP contribution in [-0.2, 0) is 20.2 Å². The second-order valence-corrected chi connectivity index (χ2v) is 9.62. The number of aliphatic hydroxyl groups is 1. The van der Waals surface area contributed by atoms with Gasteiger partial charge in [-0.2, -0.15) is 5.10 Å². The number of amides is 1. The van der Waals surface area contributed by atoms with Crippen LogP contribution in [-0.4, -0.2) is 25.4 Å². The molecule has 0 fully saturated rings. The van der Waals surface area contributed by atoms with Crippen molar-refractivity contribution in [2.75, 3.05) is 10.2 Å². The van der Waals surface area contributed by atoms with Crippen molar-refractivity contribution in [3.05, 3.63) is 94.0 Å². The summed E-state index contributed by atoms with van der Waals surface area (Å²) in [5.41, 5.74) is 4.79. The number of fused-ring (bicyclic) bond motifs is 1. The lowest BCUT2D eigenvalue weighted by Crippen LogP contribution is -2.29. The first-order chi connectivity index (χ1) is 18.5. The minimum absolute atomic E-state index is 0.0529. The van der Waals surface area contributed by atoms with Crippen LogP contribution in [0.3, 0.4) is 0 Å². The SMILES string of the molecule is CCCCC1c2ccccc2C(=O)N1c1cccc(-c2cc(Nc3ccn(CC)n3)c(=O)n(C)c2)c1CO. The second kappa shape index (κ2) is 10.7. The quantitative estimate of drug-likeness (QED) is 0.314. The van der Waals surface area contributed by atoms with Gasteiger partial charge in [0.25, 0.3) is 11.5 Å². The van der Waals surface area contributed by atoms with Gasteiger partial charge in [0.1, 0.15) is 5.69 Å². The predicted octanol–water partition coefficient (Wildman–Crippen LogP) is 5.40. The van der Waals surface area contributed by atoms with Gasteiger partial charge in [0, 0.05) is 48.7 Å². The summed E-state index contributed by atoms with van der Waals surface area (Å²) in [5.74, 6) is 0.527. The van der Waals surface area contributed by atoms with Crippen molar-refractivity contribution in [2.24, 2.45) is 7.05 Å². The molecular weight excluding hydrogens is 478 g/mol. The monoisotopic (exact) mass is 511 g/mol. The second-order valence-electron chi connectivity index (χ2n) is 9.62. The standard InChI is InChI=1S/C30H33N5O3/c1-4-6-13-26-22-10-7-8-11-23(22)29(37)35(26)27-14-9-12-21(24(27)19-36)20-17-25(30(38)33(3)18-20)31-28-15-16-34(5-2)32-28/h7-12,14-18,26,36H,4-6,13,19H2,1-3H3,(H,31,32). The van der Waals surface area contributed by atoms with Gasteiger partial charge in [0.05, 0.1) is 18.3 Å². The summed E-state index contributed by atoms with van der Waals surface area (Å²) in [7, 11) is 1.70. The van der Waals surface area contributed by atoms with Gasteiger partial charge in [-0.15, -0.1) is 0 Å². The zero-order valence-corrected chi connectivity index (χ0v) is 22.0. The number of unbranched alkanes of at least 4 members (excludes halogenated alkanes) is 1. The van der Waals surface area contributed by atoms with Crippen molar-refractivity contribution in [1.29, 1.82) is 0 Å². The Morgan fingerprint density at radius 3 is 2.55 bits per heavy atom. The molecular formula is C30H33N5O3. The Morgan fingerprint density at radius 1 is 1.03 bits per heavy atom. The molecule has 3 heterocycles. The highest BCUT2D eigenvalue weighted by Gasteiger charge is 2.38. The molecule has 0 radical (unpaired) electrons. The number of hydrogen-bond acceptors (Lipinski definition) is 5. The molecule has 1 aliphatic heterocycles. The van der Waals surface area contributed by atoms with Gasteiger partial charge in [-0.05, 0) is 42.7 Å². The molecule has 2 N–H and O–H groups in total. The zero-order valence-electron chi connectivity index (χ0n) is 22.0. The Bertz CT molecular complexity index is 1540. The highest BCUT2D eigenvalue weighted by Crippen LogP contribution is 2.43. The van der Waals surface area contributed by atoms with E-state index in [1.807, 2.05) is 66.6 Å². The number of aliphatic hydroxyl groups excluding tert-OH is 1. The number of pyridine rings is 1. The first-order valence-electron chi connectivity index (χ1n) is 13.1. The van der Waals surface area contributed by atoms with Gasteiger partial charge in [-0.3, -0.25) is 14.3 Å². The molecule has 0 spiro atoms. The highest BCUT2D eigenvalue weighted by molar-refractivity contribution is 6.11. The van der Waals surface area contributed by atoms with Crippen LogP contribution in [0.5, 0.6) is 0 Å². The van der Waals surface area contributed by atoms with E-state index >= 15 is 0 Å². The van der Waals surface area contributed by atoms with Gasteiger partial charge >= 0.3 is 0 Å². The summed E-state index contributed by atoms with van der Waals surface area (Å²) in [6.07, 6.45) is 6.46. The molecule has 8 nitrogen and oxygen atoms in total. The lowest BCUT2D eigenvalue weighted by atomic mass is 9.97. The Kier molecular flexibility index (Phi) is 7.15. The first-order valence-corrected chi connectivity index (χ1v) is 13.1. The molecule has 2 aromatic heterocycles. The number of aryl methyl sites for hydroxylation is 2. The van der Waals surface area contributed by atoms with E-state index in [1.54, 1.807) is 24.0 Å². The third kappa shape index (κ3) is 4.52. The number of nitrogens with one attached hydrogen (secondary N) is 1. The molecule has 0 saturated carbocycles. The van der Waals surface area contributed by atoms with Crippen LogP contribution < -0.4 is 15.8 Å². The number of anilines is 3. The molecule has 5 rings (SSSR count). The van der Waals surface area contributed by atoms with Gasteiger partial charge in [-0.1, -0.05) is 50.1 Å². The number of hydrogen-bond donors (Lipinski definition) is 2. The molecule has 0 saturated heterocycles. The lowest BCUT2D eigenvalue weighted by molar-refractivity contribution is 0.0989. The van der Waals surface area contributed by atoms with Gasteiger partial charge < -0.3 is 19.9 Å². The Balaban J connectivity index is 1.59. The van der Waals surface area contributed by atoms with E-state index < -0.39 is 0 Å². The molecule has 0 aliphatic carbocycles. The molecule has 196 valence electrons. The summed E-state index contributed by atoms with van der Waals surface area (Å²) >= 11 is 0. The summed E-state index contributed by atoms with van der Waals surface area (Å²) in [4.78, 5) is 28.4. The molecule has 8 heteroatoms. The van der Waals surface area contributed by atoms with Crippen LogP contribution in [0.2, 0.25) is 0 Å². The van der Waals surface area contributed by atoms with Crippen molar-refractivity contribution >= 4 is 23.1 Å². The van der Waals surface area contributed by atoms with E-state index in [4.69, 9.17) is 0 Å². The van der Waals surface area contributed by atoms with Crippen LogP contribution in [0, 0.1) is 0 Å². The maximum Gasteiger partial charge on any atom is 0.274 e. The van der Waals surface area contributed by atoms with Crippen molar-refractivity contribution in [2.45, 2.75) is 52.3 Å². The molecule has 4 aromatic rings. The van der Waals surface area contributed by atoms with Crippen LogP contribution in [0.15, 0.2) is 71.8 Å². The van der Waals surface area contributed by atoms with Crippen molar-refractivity contribution in [3.63, 3.8) is 0 Å². The van der Waals surface area contributed by atoms with E-state index in [1.165, 1.54) is 4.57 Å². The molecule has 1 aliphatic rings. The summed E-state index contributed by atoms with van der Waals surface area (Å²) < 4.78 is 3.30. The molecule has 0 bridgehead atoms. The predicted molar refractivity (Wildman–Crippen MR) is 150 cm³/mol. The maximum atomic E-state index is 13.6. The summed E-state index contributed by atoms with van der Waals surface area (Å²) in [5, 5.41) is 18.2. The lowest BCUT2D eigenvalue weighted by Gasteiger charge is -2.28. The maximum absolute atomic E-state index is 13.6. The largest absolute Gasteiger partial charge is 0.392 e. The average molecular weight is 512 g/mol. The fourth-order valence-corrected chi connectivity index (χ4v) is 5.28. The number of aromatic nitrogens is 3. The van der Waals surface area contributed by atoms with Crippen molar-refractivity contribution < 1.29 is 9.90 Å². The van der Waals surface area contributed by atoms with Crippen LogP contribution in [0.1, 0.15) is 60.6 Å². The minimum atomic E-state index is -0.251. The Labute approximate surface area is 222 Å². The van der Waals surface area contributed by atoms with Gasteiger partial charge in [-0.25, -0.2) is 0 Å². The summed E-state index contributed by atoms with van der Waals surface area (Å²) in [6, 6.07) is 17.0. The van der Waals surface area contributed by atoms with Gasteiger partial charge in [0.2, 0.25) is 0 Å². The molecule has 1 atom stereocenters. The minimum Gasteiger partial charge on any atom is -0.392 e. The average Bonchev–Trinajstić information content (AvgIpc) is 3.51. The zero-order chi connectivity index (χ0) is 26.8. The van der Waals surface area contributed by atoms with Gasteiger partial charge in [0.15, 0.2) is 5.82 Å².